The van der Waals surface area contributed by atoms with Crippen LogP contribution in [0.5, 0.6) is 5.75 Å². The van der Waals surface area contributed by atoms with Gasteiger partial charge in [0.15, 0.2) is 5.96 Å². The highest BCUT2D eigenvalue weighted by molar-refractivity contribution is 14.0. The number of rotatable bonds is 13. The Morgan fingerprint density at radius 3 is 2.46 bits per heavy atom. The molecule has 0 aliphatic rings. The standard InChI is InChI=1S/C19H33N3O3.HI/c1-4-20-19(21-11-5-6-13-24-16-15-23-3)22-12-14-25-18-9-7-17(2)8-10-18;/h7-10H,4-6,11-16H2,1-3H3,(H2,20,21,22);1H. The maximum atomic E-state index is 5.71. The minimum absolute atomic E-state index is 0. The van der Waals surface area contributed by atoms with Crippen molar-refractivity contribution >= 4 is 29.9 Å². The van der Waals surface area contributed by atoms with Crippen molar-refractivity contribution in [1.29, 1.82) is 0 Å². The Labute approximate surface area is 175 Å². The predicted molar refractivity (Wildman–Crippen MR) is 118 cm³/mol. The Hall–Kier alpha value is -1.06. The lowest BCUT2D eigenvalue weighted by Crippen LogP contribution is -2.39. The lowest BCUT2D eigenvalue weighted by molar-refractivity contribution is 0.0690. The number of aryl methyl sites for hydroxylation is 1. The molecule has 0 aliphatic carbocycles. The summed E-state index contributed by atoms with van der Waals surface area (Å²) in [5.41, 5.74) is 1.23. The van der Waals surface area contributed by atoms with Crippen molar-refractivity contribution in [2.45, 2.75) is 26.7 Å². The second kappa shape index (κ2) is 17.4. The fraction of sp³-hybridized carbons (Fsp3) is 0.632. The number of nitrogens with zero attached hydrogens (tertiary/aromatic N) is 1. The van der Waals surface area contributed by atoms with Crippen LogP contribution >= 0.6 is 24.0 Å². The van der Waals surface area contributed by atoms with E-state index in [1.165, 1.54) is 5.56 Å². The Bertz CT molecular complexity index is 470. The Balaban J connectivity index is 0.00000625. The first-order valence-corrected chi connectivity index (χ1v) is 9.04. The van der Waals surface area contributed by atoms with Crippen LogP contribution in [0.4, 0.5) is 0 Å². The van der Waals surface area contributed by atoms with Crippen LogP contribution in [0.15, 0.2) is 29.3 Å². The number of hydrogen-bond acceptors (Lipinski definition) is 4. The van der Waals surface area contributed by atoms with E-state index in [0.717, 1.165) is 44.2 Å². The van der Waals surface area contributed by atoms with Crippen molar-refractivity contribution < 1.29 is 14.2 Å². The maximum Gasteiger partial charge on any atom is 0.191 e. The highest BCUT2D eigenvalue weighted by atomic mass is 127. The molecule has 1 aromatic carbocycles. The van der Waals surface area contributed by atoms with Crippen molar-refractivity contribution in [1.82, 2.24) is 10.6 Å². The van der Waals surface area contributed by atoms with E-state index in [0.29, 0.717) is 26.4 Å². The third-order valence-electron chi connectivity index (χ3n) is 3.43. The van der Waals surface area contributed by atoms with Crippen LogP contribution in [0.1, 0.15) is 25.3 Å². The second-order valence-corrected chi connectivity index (χ2v) is 5.66. The number of ether oxygens (including phenoxy) is 3. The van der Waals surface area contributed by atoms with Crippen LogP contribution in [0.25, 0.3) is 0 Å². The summed E-state index contributed by atoms with van der Waals surface area (Å²) >= 11 is 0. The summed E-state index contributed by atoms with van der Waals surface area (Å²) in [6.45, 7) is 9.11. The van der Waals surface area contributed by atoms with E-state index in [4.69, 9.17) is 14.2 Å². The van der Waals surface area contributed by atoms with Crippen molar-refractivity contribution in [2.24, 2.45) is 4.99 Å². The molecule has 0 heterocycles. The molecule has 0 bridgehead atoms. The molecule has 0 radical (unpaired) electrons. The van der Waals surface area contributed by atoms with Gasteiger partial charge in [0.05, 0.1) is 19.8 Å². The summed E-state index contributed by atoms with van der Waals surface area (Å²) in [5.74, 6) is 1.72. The Morgan fingerprint density at radius 2 is 1.77 bits per heavy atom. The highest BCUT2D eigenvalue weighted by Gasteiger charge is 1.98. The van der Waals surface area contributed by atoms with E-state index in [-0.39, 0.29) is 24.0 Å². The van der Waals surface area contributed by atoms with Gasteiger partial charge in [-0.05, 0) is 38.8 Å². The fourth-order valence-corrected chi connectivity index (χ4v) is 2.07. The van der Waals surface area contributed by atoms with E-state index < -0.39 is 0 Å². The molecule has 0 aromatic heterocycles. The molecule has 0 unspecified atom stereocenters. The molecule has 7 heteroatoms. The van der Waals surface area contributed by atoms with Gasteiger partial charge in [-0.1, -0.05) is 17.7 Å². The third-order valence-corrected chi connectivity index (χ3v) is 3.43. The fourth-order valence-electron chi connectivity index (χ4n) is 2.07. The summed E-state index contributed by atoms with van der Waals surface area (Å²) in [7, 11) is 1.68. The summed E-state index contributed by atoms with van der Waals surface area (Å²) in [5, 5.41) is 6.53. The number of benzene rings is 1. The van der Waals surface area contributed by atoms with Gasteiger partial charge in [-0.25, -0.2) is 0 Å². The molecule has 0 saturated heterocycles. The quantitative estimate of drug-likeness (QED) is 0.197. The van der Waals surface area contributed by atoms with E-state index in [2.05, 4.69) is 29.5 Å². The van der Waals surface area contributed by atoms with Crippen LogP contribution in [-0.4, -0.2) is 59.1 Å². The molecule has 0 aliphatic heterocycles. The monoisotopic (exact) mass is 479 g/mol. The average molecular weight is 479 g/mol. The largest absolute Gasteiger partial charge is 0.492 e. The molecule has 0 fully saturated rings. The molecule has 0 atom stereocenters. The zero-order chi connectivity index (χ0) is 18.2. The highest BCUT2D eigenvalue weighted by Crippen LogP contribution is 2.10. The molecule has 26 heavy (non-hydrogen) atoms. The van der Waals surface area contributed by atoms with Gasteiger partial charge in [-0.2, -0.15) is 0 Å². The van der Waals surface area contributed by atoms with Gasteiger partial charge < -0.3 is 24.8 Å². The van der Waals surface area contributed by atoms with Gasteiger partial charge in [-0.3, -0.25) is 4.99 Å². The van der Waals surface area contributed by atoms with Gasteiger partial charge in [0.25, 0.3) is 0 Å². The first-order valence-electron chi connectivity index (χ1n) is 9.04. The first-order chi connectivity index (χ1) is 12.3. The molecular weight excluding hydrogens is 445 g/mol. The topological polar surface area (TPSA) is 64.1 Å². The number of unbranched alkanes of at least 4 members (excludes halogenated alkanes) is 1. The SMILES string of the molecule is CCNC(=NCCCCOCCOC)NCCOc1ccc(C)cc1.I. The number of nitrogens with one attached hydrogen (secondary N) is 2. The lowest BCUT2D eigenvalue weighted by atomic mass is 10.2. The van der Waals surface area contributed by atoms with Crippen LogP contribution < -0.4 is 15.4 Å². The van der Waals surface area contributed by atoms with E-state index in [1.807, 2.05) is 24.3 Å². The lowest BCUT2D eigenvalue weighted by Gasteiger charge is -2.12. The molecule has 0 saturated carbocycles. The van der Waals surface area contributed by atoms with Crippen LogP contribution in [-0.2, 0) is 9.47 Å². The molecule has 150 valence electrons. The van der Waals surface area contributed by atoms with Gasteiger partial charge in [0.2, 0.25) is 0 Å². The zero-order valence-corrected chi connectivity index (χ0v) is 18.6. The minimum atomic E-state index is 0. The molecule has 6 nitrogen and oxygen atoms in total. The number of methoxy groups -OCH3 is 1. The van der Waals surface area contributed by atoms with E-state index in [9.17, 15) is 0 Å². The van der Waals surface area contributed by atoms with Gasteiger partial charge in [0, 0.05) is 26.8 Å². The number of hydrogen-bond donors (Lipinski definition) is 2. The van der Waals surface area contributed by atoms with Gasteiger partial charge in [0.1, 0.15) is 12.4 Å². The van der Waals surface area contributed by atoms with Crippen molar-refractivity contribution in [2.75, 3.05) is 53.2 Å². The van der Waals surface area contributed by atoms with Crippen molar-refractivity contribution in [3.63, 3.8) is 0 Å². The molecule has 0 spiro atoms. The van der Waals surface area contributed by atoms with Gasteiger partial charge in [-0.15, -0.1) is 24.0 Å². The normalized spacial score (nSPS) is 11.0. The number of halogens is 1. The zero-order valence-electron chi connectivity index (χ0n) is 16.3. The van der Waals surface area contributed by atoms with Crippen molar-refractivity contribution in [3.8, 4) is 5.75 Å². The van der Waals surface area contributed by atoms with E-state index >= 15 is 0 Å². The predicted octanol–water partition coefficient (Wildman–Crippen LogP) is 2.99. The summed E-state index contributed by atoms with van der Waals surface area (Å²) in [6.07, 6.45) is 2.01. The van der Waals surface area contributed by atoms with Crippen LogP contribution in [0, 0.1) is 6.92 Å². The number of aliphatic imine (C=N–C) groups is 1. The third kappa shape index (κ3) is 13.2. The number of guanidine groups is 1. The summed E-state index contributed by atoms with van der Waals surface area (Å²) < 4.78 is 16.1. The van der Waals surface area contributed by atoms with Crippen LogP contribution in [0.3, 0.4) is 0 Å². The molecular formula is C19H34IN3O3. The van der Waals surface area contributed by atoms with Gasteiger partial charge >= 0.3 is 0 Å². The summed E-state index contributed by atoms with van der Waals surface area (Å²) in [6, 6.07) is 8.08. The maximum absolute atomic E-state index is 5.71. The molecule has 0 amide bonds. The van der Waals surface area contributed by atoms with Crippen LogP contribution in [0.2, 0.25) is 0 Å². The summed E-state index contributed by atoms with van der Waals surface area (Å²) in [4.78, 5) is 4.56. The first kappa shape index (κ1) is 24.9. The smallest absolute Gasteiger partial charge is 0.191 e. The van der Waals surface area contributed by atoms with E-state index in [1.54, 1.807) is 7.11 Å². The molecule has 2 N–H and O–H groups in total. The second-order valence-electron chi connectivity index (χ2n) is 5.66. The van der Waals surface area contributed by atoms with Crippen molar-refractivity contribution in [3.05, 3.63) is 29.8 Å². The Morgan fingerprint density at radius 1 is 1.00 bits per heavy atom. The minimum Gasteiger partial charge on any atom is -0.492 e. The average Bonchev–Trinajstić information content (AvgIpc) is 2.62. The molecule has 1 rings (SSSR count). The molecule has 1 aromatic rings. The Kier molecular flexibility index (Phi) is 16.7.